The van der Waals surface area contributed by atoms with Gasteiger partial charge in [-0.25, -0.2) is 10.2 Å². The van der Waals surface area contributed by atoms with Crippen molar-refractivity contribution in [3.8, 4) is 5.75 Å². The Morgan fingerprint density at radius 3 is 2.47 bits per heavy atom. The summed E-state index contributed by atoms with van der Waals surface area (Å²) >= 11 is 3.33. The monoisotopic (exact) mass is 465 g/mol. The number of amides is 1. The highest BCUT2D eigenvalue weighted by molar-refractivity contribution is 9.10. The second-order valence-corrected chi connectivity index (χ2v) is 7.40. The lowest BCUT2D eigenvalue weighted by atomic mass is 10.2. The molecule has 7 heteroatoms. The Labute approximate surface area is 183 Å². The molecule has 0 heterocycles. The van der Waals surface area contributed by atoms with Crippen LogP contribution in [0, 0.1) is 6.92 Å². The van der Waals surface area contributed by atoms with Crippen molar-refractivity contribution >= 4 is 39.7 Å². The van der Waals surface area contributed by atoms with Gasteiger partial charge in [0.05, 0.1) is 18.3 Å². The molecule has 0 aliphatic carbocycles. The zero-order valence-electron chi connectivity index (χ0n) is 16.3. The Kier molecular flexibility index (Phi) is 7.34. The van der Waals surface area contributed by atoms with Crippen LogP contribution >= 0.6 is 15.9 Å². The smallest absolute Gasteiger partial charge is 0.343 e. The van der Waals surface area contributed by atoms with Crippen LogP contribution in [0.25, 0.3) is 0 Å². The molecular weight excluding hydrogens is 446 g/mol. The van der Waals surface area contributed by atoms with Crippen LogP contribution in [0.15, 0.2) is 82.4 Å². The van der Waals surface area contributed by atoms with Gasteiger partial charge in [0.2, 0.25) is 0 Å². The number of carbonyl (C=O) groups excluding carboxylic acids is 2. The standard InChI is InChI=1S/C23H20BrN3O3/c1-16-3-2-4-20(13-16)25-15-22(28)27-26-14-17-5-11-21(12-6-17)30-23(29)18-7-9-19(24)10-8-18/h2-14,25H,15H2,1H3,(H,27,28). The maximum absolute atomic E-state index is 12.1. The normalized spacial score (nSPS) is 10.6. The fourth-order valence-electron chi connectivity index (χ4n) is 2.53. The average Bonchev–Trinajstić information content (AvgIpc) is 2.74. The Hall–Kier alpha value is -3.45. The zero-order chi connectivity index (χ0) is 21.3. The molecule has 3 aromatic carbocycles. The predicted octanol–water partition coefficient (Wildman–Crippen LogP) is 4.54. The van der Waals surface area contributed by atoms with Crippen molar-refractivity contribution < 1.29 is 14.3 Å². The summed E-state index contributed by atoms with van der Waals surface area (Å²) in [6.07, 6.45) is 1.52. The van der Waals surface area contributed by atoms with E-state index in [1.165, 1.54) is 6.21 Å². The summed E-state index contributed by atoms with van der Waals surface area (Å²) in [7, 11) is 0. The number of hydrazone groups is 1. The fraction of sp³-hybridized carbons (Fsp3) is 0.0870. The third-order valence-electron chi connectivity index (χ3n) is 4.04. The minimum atomic E-state index is -0.433. The highest BCUT2D eigenvalue weighted by atomic mass is 79.9. The van der Waals surface area contributed by atoms with Gasteiger partial charge in [0.1, 0.15) is 5.75 Å². The highest BCUT2D eigenvalue weighted by Gasteiger charge is 2.08. The molecule has 2 N–H and O–H groups in total. The topological polar surface area (TPSA) is 79.8 Å². The van der Waals surface area contributed by atoms with Gasteiger partial charge in [0, 0.05) is 10.2 Å². The molecule has 0 radical (unpaired) electrons. The lowest BCUT2D eigenvalue weighted by Gasteiger charge is -2.06. The molecule has 0 saturated carbocycles. The van der Waals surface area contributed by atoms with E-state index in [9.17, 15) is 9.59 Å². The second-order valence-electron chi connectivity index (χ2n) is 6.48. The van der Waals surface area contributed by atoms with Crippen LogP contribution in [0.2, 0.25) is 0 Å². The molecule has 0 fully saturated rings. The number of anilines is 1. The number of nitrogens with zero attached hydrogens (tertiary/aromatic N) is 1. The molecule has 30 heavy (non-hydrogen) atoms. The first kappa shape index (κ1) is 21.3. The van der Waals surface area contributed by atoms with Gasteiger partial charge in [-0.3, -0.25) is 4.79 Å². The van der Waals surface area contributed by atoms with Crippen LogP contribution < -0.4 is 15.5 Å². The van der Waals surface area contributed by atoms with Gasteiger partial charge in [-0.15, -0.1) is 0 Å². The van der Waals surface area contributed by atoms with E-state index in [-0.39, 0.29) is 12.5 Å². The van der Waals surface area contributed by atoms with Gasteiger partial charge in [0.25, 0.3) is 5.91 Å². The van der Waals surface area contributed by atoms with E-state index in [1.54, 1.807) is 48.5 Å². The first-order chi connectivity index (χ1) is 14.5. The van der Waals surface area contributed by atoms with Crippen LogP contribution in [0.3, 0.4) is 0 Å². The van der Waals surface area contributed by atoms with Crippen LogP contribution in [0.5, 0.6) is 5.75 Å². The zero-order valence-corrected chi connectivity index (χ0v) is 17.8. The molecule has 3 rings (SSSR count). The summed E-state index contributed by atoms with van der Waals surface area (Å²) in [6, 6.07) is 21.5. The Morgan fingerprint density at radius 1 is 1.03 bits per heavy atom. The van der Waals surface area contributed by atoms with E-state index < -0.39 is 5.97 Å². The third-order valence-corrected chi connectivity index (χ3v) is 4.57. The van der Waals surface area contributed by atoms with Gasteiger partial charge in [-0.2, -0.15) is 5.10 Å². The number of nitrogens with one attached hydrogen (secondary N) is 2. The molecule has 0 aromatic heterocycles. The summed E-state index contributed by atoms with van der Waals surface area (Å²) in [5.41, 5.74) is 5.68. The predicted molar refractivity (Wildman–Crippen MR) is 121 cm³/mol. The fourth-order valence-corrected chi connectivity index (χ4v) is 2.79. The molecule has 0 aliphatic rings. The van der Waals surface area contributed by atoms with Crippen LogP contribution in [0.4, 0.5) is 5.69 Å². The van der Waals surface area contributed by atoms with E-state index in [4.69, 9.17) is 4.74 Å². The molecular formula is C23H20BrN3O3. The largest absolute Gasteiger partial charge is 0.423 e. The van der Waals surface area contributed by atoms with E-state index >= 15 is 0 Å². The number of esters is 1. The van der Waals surface area contributed by atoms with Crippen molar-refractivity contribution in [3.05, 3.63) is 94.0 Å². The minimum Gasteiger partial charge on any atom is -0.423 e. The Morgan fingerprint density at radius 2 is 1.77 bits per heavy atom. The van der Waals surface area contributed by atoms with Crippen molar-refractivity contribution in [3.63, 3.8) is 0 Å². The van der Waals surface area contributed by atoms with Gasteiger partial charge < -0.3 is 10.1 Å². The summed E-state index contributed by atoms with van der Waals surface area (Å²) in [6.45, 7) is 2.11. The summed E-state index contributed by atoms with van der Waals surface area (Å²) in [4.78, 5) is 24.0. The van der Waals surface area contributed by atoms with Gasteiger partial charge >= 0.3 is 5.97 Å². The Bertz CT molecular complexity index is 1050. The SMILES string of the molecule is Cc1cccc(NCC(=O)NN=Cc2ccc(OC(=O)c3ccc(Br)cc3)cc2)c1. The molecule has 0 atom stereocenters. The molecule has 0 bridgehead atoms. The molecule has 0 spiro atoms. The number of halogens is 1. The maximum Gasteiger partial charge on any atom is 0.343 e. The van der Waals surface area contributed by atoms with Gasteiger partial charge in [-0.05, 0) is 78.7 Å². The maximum atomic E-state index is 12.1. The van der Waals surface area contributed by atoms with Crippen LogP contribution in [-0.2, 0) is 4.79 Å². The summed E-state index contributed by atoms with van der Waals surface area (Å²) in [5.74, 6) is -0.267. The van der Waals surface area contributed by atoms with E-state index in [0.29, 0.717) is 11.3 Å². The van der Waals surface area contributed by atoms with Crippen molar-refractivity contribution in [2.24, 2.45) is 5.10 Å². The van der Waals surface area contributed by atoms with Crippen molar-refractivity contribution in [1.82, 2.24) is 5.43 Å². The molecule has 3 aromatic rings. The van der Waals surface area contributed by atoms with E-state index in [0.717, 1.165) is 21.3 Å². The highest BCUT2D eigenvalue weighted by Crippen LogP contribution is 2.15. The number of rotatable bonds is 7. The summed E-state index contributed by atoms with van der Waals surface area (Å²) < 4.78 is 6.23. The molecule has 0 aliphatic heterocycles. The van der Waals surface area contributed by atoms with E-state index in [2.05, 4.69) is 31.8 Å². The minimum absolute atomic E-state index is 0.117. The quantitative estimate of drug-likeness (QED) is 0.232. The molecule has 1 amide bonds. The summed E-state index contributed by atoms with van der Waals surface area (Å²) in [5, 5.41) is 6.98. The van der Waals surface area contributed by atoms with Gasteiger partial charge in [-0.1, -0.05) is 28.1 Å². The molecule has 152 valence electrons. The van der Waals surface area contributed by atoms with Crippen molar-refractivity contribution in [2.45, 2.75) is 6.92 Å². The molecule has 0 saturated heterocycles. The number of carbonyl (C=O) groups is 2. The lowest BCUT2D eigenvalue weighted by molar-refractivity contribution is -0.119. The van der Waals surface area contributed by atoms with Crippen molar-refractivity contribution in [1.29, 1.82) is 0 Å². The first-order valence-corrected chi connectivity index (χ1v) is 9.99. The molecule has 6 nitrogen and oxygen atoms in total. The third kappa shape index (κ3) is 6.56. The van der Waals surface area contributed by atoms with Crippen LogP contribution in [-0.4, -0.2) is 24.6 Å². The van der Waals surface area contributed by atoms with Gasteiger partial charge in [0.15, 0.2) is 0 Å². The van der Waals surface area contributed by atoms with Crippen molar-refractivity contribution in [2.75, 3.05) is 11.9 Å². The second kappa shape index (κ2) is 10.4. The number of hydrogen-bond acceptors (Lipinski definition) is 5. The number of benzene rings is 3. The van der Waals surface area contributed by atoms with Crippen LogP contribution in [0.1, 0.15) is 21.5 Å². The molecule has 0 unspecified atom stereocenters. The average molecular weight is 466 g/mol. The number of ether oxygens (including phenoxy) is 1. The number of aryl methyl sites for hydroxylation is 1. The number of hydrogen-bond donors (Lipinski definition) is 2. The lowest BCUT2D eigenvalue weighted by Crippen LogP contribution is -2.25. The first-order valence-electron chi connectivity index (χ1n) is 9.20. The van der Waals surface area contributed by atoms with E-state index in [1.807, 2.05) is 31.2 Å². The Balaban J connectivity index is 1.46.